The van der Waals surface area contributed by atoms with E-state index in [2.05, 4.69) is 41.7 Å². The largest absolute Gasteiger partial charge is 0.496 e. The first-order chi connectivity index (χ1) is 14.6. The first kappa shape index (κ1) is 18.0. The summed E-state index contributed by atoms with van der Waals surface area (Å²) in [4.78, 5) is 0. The minimum atomic E-state index is 0.778. The number of fused-ring (bicyclic) bond motifs is 1. The normalized spacial score (nSPS) is 14.1. The van der Waals surface area contributed by atoms with Crippen molar-refractivity contribution in [1.29, 1.82) is 0 Å². The van der Waals surface area contributed by atoms with Crippen molar-refractivity contribution in [3.05, 3.63) is 84.7 Å². The zero-order valence-electron chi connectivity index (χ0n) is 17.2. The van der Waals surface area contributed by atoms with E-state index in [1.54, 1.807) is 0 Å². The Balaban J connectivity index is 1.50. The van der Waals surface area contributed by atoms with Gasteiger partial charge in [0.2, 0.25) is 17.6 Å². The van der Waals surface area contributed by atoms with E-state index in [0.29, 0.717) is 0 Å². The van der Waals surface area contributed by atoms with Gasteiger partial charge >= 0.3 is 12.0 Å². The van der Waals surface area contributed by atoms with E-state index in [-0.39, 0.29) is 0 Å². The molecule has 30 heavy (non-hydrogen) atoms. The number of para-hydroxylation sites is 2. The second kappa shape index (κ2) is 7.09. The molecule has 0 unspecified atom stereocenters. The number of rotatable bonds is 4. The second-order valence-electron chi connectivity index (χ2n) is 7.47. The van der Waals surface area contributed by atoms with Gasteiger partial charge < -0.3 is 4.74 Å². The van der Waals surface area contributed by atoms with Gasteiger partial charge in [0.25, 0.3) is 17.6 Å². The summed E-state index contributed by atoms with van der Waals surface area (Å²) in [5.74, 6) is 1.57. The molecule has 2 heterocycles. The van der Waals surface area contributed by atoms with Crippen LogP contribution in [0.25, 0.3) is 0 Å². The van der Waals surface area contributed by atoms with E-state index in [9.17, 15) is 0 Å². The van der Waals surface area contributed by atoms with Crippen molar-refractivity contribution < 1.29 is 18.5 Å². The Kier molecular flexibility index (Phi) is 4.26. The maximum absolute atomic E-state index is 6.24. The predicted octanol–water partition coefficient (Wildman–Crippen LogP) is 5.03. The maximum Gasteiger partial charge on any atom is 0.496 e. The van der Waals surface area contributed by atoms with E-state index < -0.39 is 0 Å². The van der Waals surface area contributed by atoms with Gasteiger partial charge in [-0.25, -0.2) is 0 Å². The fourth-order valence-electron chi connectivity index (χ4n) is 3.69. The van der Waals surface area contributed by atoms with E-state index in [4.69, 9.17) is 4.74 Å². The smallest absolute Gasteiger partial charge is 0.457 e. The van der Waals surface area contributed by atoms with Crippen LogP contribution in [0, 0.1) is 6.92 Å². The third kappa shape index (κ3) is 3.29. The molecular weight excluding hydrogens is 372 g/mol. The summed E-state index contributed by atoms with van der Waals surface area (Å²) >= 11 is 0. The van der Waals surface area contributed by atoms with Crippen LogP contribution in [0.5, 0.6) is 11.5 Å². The van der Waals surface area contributed by atoms with Gasteiger partial charge in [0.05, 0.1) is 12.1 Å². The van der Waals surface area contributed by atoms with Crippen molar-refractivity contribution in [3.8, 4) is 11.5 Å². The Bertz CT molecular complexity index is 1370. The van der Waals surface area contributed by atoms with Gasteiger partial charge in [-0.05, 0) is 29.2 Å². The molecule has 0 saturated heterocycles. The van der Waals surface area contributed by atoms with Gasteiger partial charge in [0.1, 0.15) is 11.5 Å². The topological polar surface area (TPSA) is 21.3 Å². The Morgan fingerprint density at radius 1 is 0.733 bits per heavy atom. The molecule has 0 atom stereocenters. The molecule has 2 aliphatic rings. The third-order valence-corrected chi connectivity index (χ3v) is 5.06. The standard InChI is InChI=1S/C25H22N4O/c1-19-13-21(29-18-27(3)24-9-4-5-10-25(24)29)16-23(14-19)30-22-8-6-7-20(15-22)28-12-11-26(2)17-28/h4-16H,1-3H3/q+4. The molecule has 0 aliphatic carbocycles. The molecular formula is C25H22N4O+4. The molecule has 0 bridgehead atoms. The van der Waals surface area contributed by atoms with Crippen LogP contribution in [0.4, 0.5) is 22.7 Å². The zero-order chi connectivity index (χ0) is 20.7. The van der Waals surface area contributed by atoms with E-state index >= 15 is 0 Å². The van der Waals surface area contributed by atoms with Crippen LogP contribution in [0.2, 0.25) is 0 Å². The first-order valence-corrected chi connectivity index (χ1v) is 9.82. The molecule has 0 aromatic heterocycles. The summed E-state index contributed by atoms with van der Waals surface area (Å²) in [5, 5.41) is 0. The monoisotopic (exact) mass is 394 g/mol. The Labute approximate surface area is 175 Å². The van der Waals surface area contributed by atoms with Crippen LogP contribution < -0.4 is 9.31 Å². The van der Waals surface area contributed by atoms with Gasteiger partial charge in [-0.15, -0.1) is 0 Å². The molecule has 0 radical (unpaired) electrons. The second-order valence-corrected chi connectivity index (χ2v) is 7.47. The molecule has 0 spiro atoms. The number of ether oxygens (including phenoxy) is 1. The summed E-state index contributed by atoms with van der Waals surface area (Å²) in [5.41, 5.74) is 5.37. The van der Waals surface area contributed by atoms with Crippen LogP contribution in [0.3, 0.4) is 0 Å². The van der Waals surface area contributed by atoms with Crippen molar-refractivity contribution in [1.82, 2.24) is 4.58 Å². The van der Waals surface area contributed by atoms with Gasteiger partial charge in [0, 0.05) is 24.3 Å². The molecule has 3 aromatic rings. The predicted molar refractivity (Wildman–Crippen MR) is 117 cm³/mol. The highest BCUT2D eigenvalue weighted by atomic mass is 16.5. The molecule has 144 valence electrons. The van der Waals surface area contributed by atoms with Crippen molar-refractivity contribution >= 4 is 34.8 Å². The van der Waals surface area contributed by atoms with Gasteiger partial charge in [-0.1, -0.05) is 31.9 Å². The first-order valence-electron chi connectivity index (χ1n) is 9.82. The lowest BCUT2D eigenvalue weighted by atomic mass is 10.2. The molecule has 5 nitrogen and oxygen atoms in total. The lowest BCUT2D eigenvalue weighted by molar-refractivity contribution is -0.429. The number of nitrogens with zero attached hydrogens (tertiary/aromatic N) is 4. The van der Waals surface area contributed by atoms with E-state index in [1.165, 1.54) is 0 Å². The SMILES string of the molecule is Cc1cc(Oc2cccc([N+]3=C=[N+](C)C=C3)c2)cc([N+]2=C=[N+](C)c3ccccc32)c1. The quantitative estimate of drug-likeness (QED) is 0.569. The van der Waals surface area contributed by atoms with Crippen molar-refractivity contribution in [2.45, 2.75) is 6.92 Å². The average Bonchev–Trinajstić information content (AvgIpc) is 3.32. The van der Waals surface area contributed by atoms with E-state index in [0.717, 1.165) is 39.8 Å². The Morgan fingerprint density at radius 3 is 2.33 bits per heavy atom. The summed E-state index contributed by atoms with van der Waals surface area (Å²) in [6, 6.07) is 29.1. The fraction of sp³-hybridized carbons (Fsp3) is 0.120. The lowest BCUT2D eigenvalue weighted by Gasteiger charge is -2.07. The molecule has 5 heteroatoms. The summed E-state index contributed by atoms with van der Waals surface area (Å²) in [7, 11) is 3.96. The average molecular weight is 394 g/mol. The van der Waals surface area contributed by atoms with Crippen molar-refractivity contribution in [3.63, 3.8) is 0 Å². The molecule has 3 aromatic carbocycles. The van der Waals surface area contributed by atoms with Crippen LogP contribution in [0.1, 0.15) is 5.56 Å². The lowest BCUT2D eigenvalue weighted by Crippen LogP contribution is -2.00. The molecule has 0 N–H and O–H groups in total. The molecule has 0 saturated carbocycles. The van der Waals surface area contributed by atoms with Crippen LogP contribution in [-0.4, -0.2) is 39.8 Å². The summed E-state index contributed by atoms with van der Waals surface area (Å²) < 4.78 is 14.1. The minimum absolute atomic E-state index is 0.778. The van der Waals surface area contributed by atoms with Crippen LogP contribution in [-0.2, 0) is 0 Å². The number of hydrogen-bond acceptors (Lipinski definition) is 1. The Hall–Kier alpha value is -4.04. The number of benzene rings is 3. The summed E-state index contributed by atoms with van der Waals surface area (Å²) in [6.07, 6.45) is 3.93. The summed E-state index contributed by atoms with van der Waals surface area (Å²) in [6.45, 7) is 2.08. The zero-order valence-corrected chi connectivity index (χ0v) is 17.2. The van der Waals surface area contributed by atoms with Gasteiger partial charge in [-0.2, -0.15) is 0 Å². The highest BCUT2D eigenvalue weighted by molar-refractivity contribution is 5.74. The number of hydrogen-bond donors (Lipinski definition) is 0. The molecule has 0 fully saturated rings. The highest BCUT2D eigenvalue weighted by Gasteiger charge is 2.32. The number of aryl methyl sites for hydroxylation is 1. The fourth-order valence-corrected chi connectivity index (χ4v) is 3.69. The Morgan fingerprint density at radius 2 is 1.53 bits per heavy atom. The minimum Gasteiger partial charge on any atom is -0.457 e. The highest BCUT2D eigenvalue weighted by Crippen LogP contribution is 2.35. The molecule has 2 aliphatic heterocycles. The van der Waals surface area contributed by atoms with Gasteiger partial charge in [0.15, 0.2) is 14.1 Å². The van der Waals surface area contributed by atoms with Crippen LogP contribution in [0.15, 0.2) is 79.1 Å². The van der Waals surface area contributed by atoms with E-state index in [1.807, 2.05) is 88.8 Å². The third-order valence-electron chi connectivity index (χ3n) is 5.06. The van der Waals surface area contributed by atoms with Crippen molar-refractivity contribution in [2.24, 2.45) is 0 Å². The van der Waals surface area contributed by atoms with Crippen molar-refractivity contribution in [2.75, 3.05) is 14.1 Å². The van der Waals surface area contributed by atoms with Gasteiger partial charge in [-0.3, -0.25) is 0 Å². The van der Waals surface area contributed by atoms with Crippen LogP contribution >= 0.6 is 0 Å². The molecule has 5 rings (SSSR count). The molecule has 0 amide bonds. The maximum atomic E-state index is 6.24.